The number of hydrogen-bond acceptors (Lipinski definition) is 5. The molecule has 1 aliphatic carbocycles. The lowest BCUT2D eigenvalue weighted by atomic mass is 9.81. The summed E-state index contributed by atoms with van der Waals surface area (Å²) in [5, 5.41) is 2.22. The Morgan fingerprint density at radius 2 is 1.83 bits per heavy atom. The average molecular weight is 453 g/mol. The number of thiazole rings is 1. The monoisotopic (exact) mass is 452 g/mol. The maximum absolute atomic E-state index is 13.0. The van der Waals surface area contributed by atoms with Crippen LogP contribution in [0, 0.1) is 0 Å². The highest BCUT2D eigenvalue weighted by Crippen LogP contribution is 2.40. The molecule has 160 valence electrons. The number of halogens is 3. The van der Waals surface area contributed by atoms with Crippen molar-refractivity contribution in [2.45, 2.75) is 56.7 Å². The number of nitrogens with zero attached hydrogens (tertiary/aromatic N) is 4. The third kappa shape index (κ3) is 3.76. The van der Waals surface area contributed by atoms with E-state index >= 15 is 0 Å². The van der Waals surface area contributed by atoms with E-state index in [1.807, 2.05) is 6.20 Å². The molecule has 0 atom stereocenters. The lowest BCUT2D eigenvalue weighted by Crippen LogP contribution is -2.35. The Bertz CT molecular complexity index is 1040. The van der Waals surface area contributed by atoms with Crippen LogP contribution in [0.5, 0.6) is 0 Å². The molecule has 1 aliphatic heterocycles. The summed E-state index contributed by atoms with van der Waals surface area (Å²) in [5.41, 5.74) is 1.61. The second-order valence-corrected chi connectivity index (χ2v) is 9.60. The van der Waals surface area contributed by atoms with E-state index in [0.29, 0.717) is 28.2 Å². The highest BCUT2D eigenvalue weighted by molar-refractivity contribution is 7.78. The van der Waals surface area contributed by atoms with E-state index in [4.69, 9.17) is 0 Å². The number of rotatable bonds is 3. The molecule has 3 aromatic rings. The summed E-state index contributed by atoms with van der Waals surface area (Å²) in [5.74, 6) is 0.443. The van der Waals surface area contributed by atoms with Crippen LogP contribution in [0.1, 0.15) is 55.7 Å². The van der Waals surface area contributed by atoms with E-state index in [1.165, 1.54) is 38.8 Å². The van der Waals surface area contributed by atoms with E-state index in [1.54, 1.807) is 10.2 Å². The number of pyridine rings is 1. The molecule has 0 radical (unpaired) electrons. The Morgan fingerprint density at radius 3 is 2.50 bits per heavy atom. The summed E-state index contributed by atoms with van der Waals surface area (Å²) in [6.45, 7) is 2.46. The Kier molecular flexibility index (Phi) is 5.31. The van der Waals surface area contributed by atoms with E-state index in [2.05, 4.69) is 33.7 Å². The van der Waals surface area contributed by atoms with Gasteiger partial charge in [-0.2, -0.15) is 13.2 Å². The van der Waals surface area contributed by atoms with E-state index in [9.17, 15) is 13.2 Å². The van der Waals surface area contributed by atoms with Crippen molar-refractivity contribution in [2.24, 2.45) is 0 Å². The number of thiol groups is 1. The Morgan fingerprint density at radius 1 is 1.10 bits per heavy atom. The maximum Gasteiger partial charge on any atom is 0.434 e. The van der Waals surface area contributed by atoms with Crippen LogP contribution in [-0.2, 0) is 6.18 Å². The van der Waals surface area contributed by atoms with Crippen LogP contribution in [0.4, 0.5) is 13.2 Å². The van der Waals surface area contributed by atoms with Crippen LogP contribution in [0.15, 0.2) is 23.8 Å². The lowest BCUT2D eigenvalue weighted by Gasteiger charge is -2.34. The van der Waals surface area contributed by atoms with Crippen molar-refractivity contribution in [1.29, 1.82) is 0 Å². The predicted octanol–water partition coefficient (Wildman–Crippen LogP) is 5.99. The highest BCUT2D eigenvalue weighted by atomic mass is 32.1. The normalized spacial score (nSPS) is 23.5. The molecule has 5 rings (SSSR count). The first-order valence-corrected chi connectivity index (χ1v) is 11.7. The molecule has 3 aromatic heterocycles. The van der Waals surface area contributed by atoms with Gasteiger partial charge >= 0.3 is 6.18 Å². The largest absolute Gasteiger partial charge is 0.434 e. The zero-order chi connectivity index (χ0) is 20.9. The summed E-state index contributed by atoms with van der Waals surface area (Å²) in [4.78, 5) is 11.0. The Balaban J connectivity index is 1.41. The first-order valence-electron chi connectivity index (χ1n) is 10.4. The van der Waals surface area contributed by atoms with Gasteiger partial charge in [0.1, 0.15) is 10.7 Å². The van der Waals surface area contributed by atoms with Gasteiger partial charge in [0, 0.05) is 34.8 Å². The topological polar surface area (TPSA) is 34.0 Å². The molecule has 2 aliphatic rings. The minimum atomic E-state index is -4.44. The molecular weight excluding hydrogens is 429 g/mol. The SMILES string of the molecule is FC(F)(F)c1csc(-c2cn(S)c3ncc([C@H]4CC[C@H](N5CCCC5)CC4)cc23)n1. The molecule has 1 saturated carbocycles. The van der Waals surface area contributed by atoms with Crippen LogP contribution in [0.3, 0.4) is 0 Å². The van der Waals surface area contributed by atoms with E-state index < -0.39 is 11.9 Å². The van der Waals surface area contributed by atoms with Crippen molar-refractivity contribution < 1.29 is 13.2 Å². The Labute approximate surface area is 182 Å². The molecular formula is C21H23F3N4S2. The van der Waals surface area contributed by atoms with Crippen molar-refractivity contribution in [2.75, 3.05) is 13.1 Å². The maximum atomic E-state index is 13.0. The molecule has 4 heterocycles. The minimum Gasteiger partial charge on any atom is -0.300 e. The summed E-state index contributed by atoms with van der Waals surface area (Å²) in [6.07, 6.45) is 6.45. The summed E-state index contributed by atoms with van der Waals surface area (Å²) >= 11 is 5.41. The first-order chi connectivity index (χ1) is 14.4. The fraction of sp³-hybridized carbons (Fsp3) is 0.524. The molecule has 0 amide bonds. The van der Waals surface area contributed by atoms with Gasteiger partial charge in [0.2, 0.25) is 0 Å². The molecule has 1 saturated heterocycles. The van der Waals surface area contributed by atoms with Gasteiger partial charge in [-0.15, -0.1) is 11.3 Å². The molecule has 0 unspecified atom stereocenters. The van der Waals surface area contributed by atoms with Gasteiger partial charge in [0.05, 0.1) is 0 Å². The standard InChI is InChI=1S/C21H23F3N4S2/c22-21(23,24)18-12-30-20(26-18)17-11-28(29)19-16(17)9-14(10-25-19)13-3-5-15(6-4-13)27-7-1-2-8-27/h9-13,15,29H,1-8H2/t13-,15-. The van der Waals surface area contributed by atoms with Crippen molar-refractivity contribution in [1.82, 2.24) is 18.8 Å². The second kappa shape index (κ2) is 7.84. The summed E-state index contributed by atoms with van der Waals surface area (Å²) in [6, 6.07) is 2.78. The van der Waals surface area contributed by atoms with Crippen LogP contribution in [-0.4, -0.2) is 38.0 Å². The number of alkyl halides is 3. The third-order valence-corrected chi connectivity index (χ3v) is 7.68. The van der Waals surface area contributed by atoms with E-state index in [-0.39, 0.29) is 0 Å². The molecule has 0 aromatic carbocycles. The molecule has 0 bridgehead atoms. The van der Waals surface area contributed by atoms with Gasteiger partial charge in [0.15, 0.2) is 5.69 Å². The van der Waals surface area contributed by atoms with Crippen molar-refractivity contribution in [3.63, 3.8) is 0 Å². The van der Waals surface area contributed by atoms with Crippen molar-refractivity contribution in [3.05, 3.63) is 35.1 Å². The predicted molar refractivity (Wildman–Crippen MR) is 116 cm³/mol. The van der Waals surface area contributed by atoms with Gasteiger partial charge in [-0.1, -0.05) is 12.8 Å². The lowest BCUT2D eigenvalue weighted by molar-refractivity contribution is -0.140. The first kappa shape index (κ1) is 20.3. The zero-order valence-electron chi connectivity index (χ0n) is 16.4. The third-order valence-electron chi connectivity index (χ3n) is 6.50. The minimum absolute atomic E-state index is 0.344. The van der Waals surface area contributed by atoms with Gasteiger partial charge in [0.25, 0.3) is 0 Å². The molecule has 30 heavy (non-hydrogen) atoms. The fourth-order valence-corrected chi connectivity index (χ4v) is 6.03. The molecule has 9 heteroatoms. The van der Waals surface area contributed by atoms with Gasteiger partial charge < -0.3 is 4.90 Å². The van der Waals surface area contributed by atoms with E-state index in [0.717, 1.165) is 40.5 Å². The molecule has 2 fully saturated rings. The summed E-state index contributed by atoms with van der Waals surface area (Å²) < 4.78 is 40.5. The van der Waals surface area contributed by atoms with Crippen LogP contribution < -0.4 is 0 Å². The Hall–Kier alpha value is -1.58. The average Bonchev–Trinajstić information content (AvgIpc) is 3.48. The quantitative estimate of drug-likeness (QED) is 0.496. The van der Waals surface area contributed by atoms with Gasteiger partial charge in [-0.05, 0) is 69.2 Å². The van der Waals surface area contributed by atoms with Crippen LogP contribution in [0.25, 0.3) is 21.6 Å². The van der Waals surface area contributed by atoms with Crippen LogP contribution >= 0.6 is 24.2 Å². The van der Waals surface area contributed by atoms with Crippen molar-refractivity contribution >= 4 is 35.2 Å². The number of aromatic nitrogens is 3. The molecule has 0 spiro atoms. The zero-order valence-corrected chi connectivity index (χ0v) is 18.1. The number of fused-ring (bicyclic) bond motifs is 1. The summed E-state index contributed by atoms with van der Waals surface area (Å²) in [7, 11) is 0. The highest BCUT2D eigenvalue weighted by Gasteiger charge is 2.34. The van der Waals surface area contributed by atoms with Gasteiger partial charge in [-0.3, -0.25) is 3.97 Å². The van der Waals surface area contributed by atoms with Gasteiger partial charge in [-0.25, -0.2) is 9.97 Å². The smallest absolute Gasteiger partial charge is 0.300 e. The van der Waals surface area contributed by atoms with Crippen molar-refractivity contribution in [3.8, 4) is 10.6 Å². The molecule has 0 N–H and O–H groups in total. The number of likely N-dealkylation sites (tertiary alicyclic amines) is 1. The number of hydrogen-bond donors (Lipinski definition) is 1. The second-order valence-electron chi connectivity index (χ2n) is 8.31. The molecule has 4 nitrogen and oxygen atoms in total. The van der Waals surface area contributed by atoms with Crippen LogP contribution in [0.2, 0.25) is 0 Å². The fourth-order valence-electron chi connectivity index (χ4n) is 4.91.